The Kier molecular flexibility index (Phi) is 27.4. The minimum atomic E-state index is -2.95. The molecular weight excluding hydrogens is 760 g/mol. The van der Waals surface area contributed by atoms with E-state index in [9.17, 15) is 36.5 Å². The molecule has 0 aliphatic carbocycles. The van der Waals surface area contributed by atoms with Gasteiger partial charge in [-0.2, -0.15) is 27.4 Å². The average molecular weight is 785 g/mol. The number of nitriles is 2. The summed E-state index contributed by atoms with van der Waals surface area (Å²) < 4.78 is 115. The van der Waals surface area contributed by atoms with Crippen LogP contribution in [0.4, 0.5) is 49.1 Å². The molecule has 0 spiro atoms. The summed E-state index contributed by atoms with van der Waals surface area (Å²) in [5.74, 6) is -6.17. The Balaban J connectivity index is -0.000000563. The summed E-state index contributed by atoms with van der Waals surface area (Å²) in [6, 6.07) is 8.19. The SMILES string of the molecule is C.CCOC=C(C#N)C#N.Fc1cc2nc[nH]c2cc1F.Nc1cc(F)c(F)cc1N.Nc1cc(F)c(F)cc1[N+](=O)[O-].O=S(=O)=S(=O)=O.[Na][Na]. The number of nitro benzene ring substituents is 1. The van der Waals surface area contributed by atoms with Crippen LogP contribution in [-0.4, -0.2) is 82.0 Å². The molecule has 0 amide bonds. The van der Waals surface area contributed by atoms with Crippen LogP contribution in [0.25, 0.3) is 11.0 Å². The first kappa shape index (κ1) is 51.0. The van der Waals surface area contributed by atoms with E-state index < -0.39 is 64.0 Å². The second kappa shape index (κ2) is 27.4. The zero-order valence-corrected chi connectivity index (χ0v) is 31.4. The van der Waals surface area contributed by atoms with Crippen molar-refractivity contribution < 1.29 is 52.8 Å². The second-order valence-electron chi connectivity index (χ2n) is 7.78. The normalized spacial score (nSPS) is 8.73. The number of rotatable bonds is 3. The molecule has 0 radical (unpaired) electrons. The molecule has 4 rings (SSSR count). The van der Waals surface area contributed by atoms with Gasteiger partial charge in [0.2, 0.25) is 0 Å². The summed E-state index contributed by atoms with van der Waals surface area (Å²) in [6.45, 7) is 2.26. The Morgan fingerprint density at radius 1 is 0.843 bits per heavy atom. The molecule has 0 unspecified atom stereocenters. The van der Waals surface area contributed by atoms with Crippen LogP contribution in [0.5, 0.6) is 0 Å². The standard InChI is InChI=1S/C7H4F2N2.C6H4F2N2O2.C6H6F2N2.C6H6N2O.CH4.2Na.O4S2/c8-4-1-6-7(2-5(4)9)11-3-10-6;7-3-1-5(9)6(10(11)12)2-4(3)8;7-3-1-5(9)6(10)2-4(3)8;1-2-9-5-6(3-7)4-8;;;;1-5(2)6(3)4/h1-3H,(H,10,11);1-2H,9H2;1-2H,9-10H2;5H,2H2,1H3;1H4;;;. The number of anilines is 3. The number of nitro groups is 1. The number of ether oxygens (including phenoxy) is 1. The topological polar surface area (TPSA) is 275 Å². The summed E-state index contributed by atoms with van der Waals surface area (Å²) >= 11 is 2.89. The fraction of sp³-hybridized carbons (Fsp3) is 0.115. The van der Waals surface area contributed by atoms with E-state index in [0.717, 1.165) is 30.5 Å². The number of allylic oxidation sites excluding steroid dienone is 1. The number of hydrogen-bond acceptors (Lipinski definition) is 13. The van der Waals surface area contributed by atoms with E-state index in [4.69, 9.17) is 44.6 Å². The molecule has 0 bridgehead atoms. The molecular formula is C26H24F6N8Na2O7S2. The van der Waals surface area contributed by atoms with Crippen LogP contribution < -0.4 is 17.2 Å². The molecule has 0 aliphatic heterocycles. The van der Waals surface area contributed by atoms with Crippen molar-refractivity contribution in [1.29, 1.82) is 10.5 Å². The zero-order valence-electron chi connectivity index (χ0n) is 25.8. The second-order valence-corrected chi connectivity index (χ2v) is 10.2. The summed E-state index contributed by atoms with van der Waals surface area (Å²) in [7, 11) is -5.90. The van der Waals surface area contributed by atoms with Crippen molar-refractivity contribution in [2.24, 2.45) is 0 Å². The van der Waals surface area contributed by atoms with E-state index in [1.807, 2.05) is 0 Å². The number of fused-ring (bicyclic) bond motifs is 1. The third-order valence-electron chi connectivity index (χ3n) is 4.57. The molecule has 0 fully saturated rings. The molecule has 4 aromatic rings. The van der Waals surface area contributed by atoms with Gasteiger partial charge >= 0.3 is 62.1 Å². The molecule has 3 aromatic carbocycles. The van der Waals surface area contributed by atoms with Crippen molar-refractivity contribution in [3.8, 4) is 12.1 Å². The third kappa shape index (κ3) is 20.2. The molecule has 266 valence electrons. The van der Waals surface area contributed by atoms with Crippen molar-refractivity contribution in [3.63, 3.8) is 0 Å². The van der Waals surface area contributed by atoms with Crippen molar-refractivity contribution in [2.45, 2.75) is 14.4 Å². The first-order valence-electron chi connectivity index (χ1n) is 12.9. The maximum atomic E-state index is 12.5. The van der Waals surface area contributed by atoms with Gasteiger partial charge in [-0.15, -0.1) is 0 Å². The first-order chi connectivity index (χ1) is 23.4. The van der Waals surface area contributed by atoms with Gasteiger partial charge in [0.25, 0.3) is 5.69 Å². The third-order valence-corrected chi connectivity index (χ3v) is 5.46. The Morgan fingerprint density at radius 3 is 1.63 bits per heavy atom. The molecule has 0 aliphatic rings. The minimum absolute atomic E-state index is 0. The molecule has 0 saturated heterocycles. The van der Waals surface area contributed by atoms with Gasteiger partial charge in [-0.05, 0) is 6.92 Å². The average Bonchev–Trinajstić information content (AvgIpc) is 3.51. The molecule has 7 N–H and O–H groups in total. The van der Waals surface area contributed by atoms with E-state index in [1.165, 1.54) is 49.9 Å². The number of nitrogens with one attached hydrogen (secondary N) is 1. The number of nitrogens with zero attached hydrogens (tertiary/aromatic N) is 4. The summed E-state index contributed by atoms with van der Waals surface area (Å²) in [5.41, 5.74) is 15.4. The van der Waals surface area contributed by atoms with Crippen LogP contribution in [0.15, 0.2) is 54.6 Å². The Morgan fingerprint density at radius 2 is 1.24 bits per heavy atom. The van der Waals surface area contributed by atoms with Crippen LogP contribution in [0.3, 0.4) is 0 Å². The molecule has 25 heteroatoms. The van der Waals surface area contributed by atoms with E-state index in [2.05, 4.69) is 14.7 Å². The van der Waals surface area contributed by atoms with Crippen LogP contribution >= 0.6 is 0 Å². The van der Waals surface area contributed by atoms with Crippen LogP contribution in [0.1, 0.15) is 14.4 Å². The molecule has 0 atom stereocenters. The van der Waals surface area contributed by atoms with Gasteiger partial charge in [-0.3, -0.25) is 10.1 Å². The summed E-state index contributed by atoms with van der Waals surface area (Å²) in [6.07, 6.45) is 2.55. The Hall–Kier alpha value is -4.33. The molecule has 1 heterocycles. The van der Waals surface area contributed by atoms with Gasteiger partial charge in [0.15, 0.2) is 40.5 Å². The molecule has 51 heavy (non-hydrogen) atoms. The number of hydrogen-bond donors (Lipinski definition) is 4. The monoisotopic (exact) mass is 784 g/mol. The van der Waals surface area contributed by atoms with E-state index in [-0.39, 0.29) is 30.1 Å². The van der Waals surface area contributed by atoms with Crippen LogP contribution in [0.2, 0.25) is 0 Å². The number of aromatic amines is 1. The number of nitrogen functional groups attached to an aromatic ring is 3. The van der Waals surface area contributed by atoms with Gasteiger partial charge in [-0.25, -0.2) is 31.3 Å². The predicted octanol–water partition coefficient (Wildman–Crippen LogP) is 3.91. The number of halogens is 6. The fourth-order valence-electron chi connectivity index (χ4n) is 2.46. The number of benzene rings is 3. The van der Waals surface area contributed by atoms with E-state index in [1.54, 1.807) is 19.1 Å². The van der Waals surface area contributed by atoms with Gasteiger partial charge < -0.3 is 26.9 Å². The van der Waals surface area contributed by atoms with Crippen molar-refractivity contribution in [1.82, 2.24) is 9.97 Å². The molecule has 0 saturated carbocycles. The van der Waals surface area contributed by atoms with Crippen molar-refractivity contribution >= 4 is 95.9 Å². The van der Waals surface area contributed by atoms with Gasteiger partial charge in [-0.1, -0.05) is 7.43 Å². The maximum absolute atomic E-state index is 12.5. The van der Waals surface area contributed by atoms with Crippen LogP contribution in [-0.2, 0) is 23.3 Å². The van der Waals surface area contributed by atoms with Crippen molar-refractivity contribution in [3.05, 3.63) is 99.6 Å². The fourth-order valence-corrected chi connectivity index (χ4v) is 2.46. The quantitative estimate of drug-likeness (QED) is 0.0437. The number of H-pyrrole nitrogens is 1. The zero-order chi connectivity index (χ0) is 39.1. The van der Waals surface area contributed by atoms with Crippen LogP contribution in [0, 0.1) is 67.7 Å². The number of nitrogens with two attached hydrogens (primary N) is 3. The molecule has 15 nitrogen and oxygen atoms in total. The number of imidazole rings is 1. The van der Waals surface area contributed by atoms with Gasteiger partial charge in [0, 0.05) is 30.3 Å². The predicted molar refractivity (Wildman–Crippen MR) is 176 cm³/mol. The number of aromatic nitrogens is 2. The Labute approximate surface area is 316 Å². The van der Waals surface area contributed by atoms with Gasteiger partial charge in [0.05, 0.1) is 46.3 Å². The summed E-state index contributed by atoms with van der Waals surface area (Å²) in [4.78, 5) is 15.7. The molecule has 1 aromatic heterocycles. The Bertz CT molecular complexity index is 2000. The van der Waals surface area contributed by atoms with Gasteiger partial charge in [0.1, 0.15) is 24.1 Å². The first-order valence-corrected chi connectivity index (χ1v) is 23.5. The van der Waals surface area contributed by atoms with Crippen molar-refractivity contribution in [2.75, 3.05) is 23.8 Å². The van der Waals surface area contributed by atoms with E-state index >= 15 is 0 Å². The summed E-state index contributed by atoms with van der Waals surface area (Å²) in [5, 5.41) is 26.4. The van der Waals surface area contributed by atoms with E-state index in [0.29, 0.717) is 29.8 Å².